The van der Waals surface area contributed by atoms with Crippen molar-refractivity contribution in [3.63, 3.8) is 0 Å². The molecule has 0 aromatic heterocycles. The summed E-state index contributed by atoms with van der Waals surface area (Å²) in [5, 5.41) is 8.36. The lowest BCUT2D eigenvalue weighted by Crippen LogP contribution is -2.49. The van der Waals surface area contributed by atoms with Crippen molar-refractivity contribution >= 4 is 40.0 Å². The Morgan fingerprint density at radius 1 is 0.415 bits per heavy atom. The molecule has 11 rings (SSSR count). The molecule has 0 saturated heterocycles. The number of rotatable bonds is 2. The van der Waals surface area contributed by atoms with Gasteiger partial charge in [-0.2, -0.15) is 0 Å². The summed E-state index contributed by atoms with van der Waals surface area (Å²) in [7, 11) is -1.98. The molecule has 1 heterocycles. The van der Waals surface area contributed by atoms with Crippen LogP contribution in [-0.4, -0.2) is 8.07 Å². The van der Waals surface area contributed by atoms with Gasteiger partial charge in [-0.25, -0.2) is 0 Å². The number of benzene rings is 7. The fraction of sp³-hybridized carbons (Fsp3) is 0.154. The van der Waals surface area contributed by atoms with Crippen LogP contribution in [0.4, 0.5) is 0 Å². The highest BCUT2D eigenvalue weighted by molar-refractivity contribution is 7.04. The summed E-state index contributed by atoms with van der Waals surface area (Å²) in [6.45, 7) is 14.6. The van der Waals surface area contributed by atoms with E-state index in [1.54, 1.807) is 0 Å². The molecular weight excluding hydrogens is 653 g/mol. The predicted molar refractivity (Wildman–Crippen MR) is 227 cm³/mol. The van der Waals surface area contributed by atoms with E-state index in [1.165, 1.54) is 110 Å². The van der Waals surface area contributed by atoms with E-state index >= 15 is 0 Å². The van der Waals surface area contributed by atoms with E-state index in [0.29, 0.717) is 0 Å². The molecule has 2 aliphatic carbocycles. The second-order valence-corrected chi connectivity index (χ2v) is 21.4. The first-order valence-corrected chi connectivity index (χ1v) is 22.0. The Hall–Kier alpha value is -5.68. The van der Waals surface area contributed by atoms with E-state index < -0.39 is 8.07 Å². The van der Waals surface area contributed by atoms with Crippen molar-refractivity contribution in [2.45, 2.75) is 51.6 Å². The summed E-state index contributed by atoms with van der Waals surface area (Å²) >= 11 is 0. The summed E-state index contributed by atoms with van der Waals surface area (Å²) in [6, 6.07) is 57.9. The van der Waals surface area contributed by atoms with Gasteiger partial charge in [-0.15, -0.1) is 0 Å². The van der Waals surface area contributed by atoms with Crippen molar-refractivity contribution in [1.82, 2.24) is 0 Å². The average Bonchev–Trinajstić information content (AvgIpc) is 3.66. The molecule has 3 aliphatic rings. The molecule has 8 aromatic carbocycles. The van der Waals surface area contributed by atoms with E-state index in [9.17, 15) is 0 Å². The molecular formula is C52H40Si. The molecule has 1 aliphatic heterocycles. The monoisotopic (exact) mass is 692 g/mol. The first kappa shape index (κ1) is 30.9. The molecule has 0 bridgehead atoms. The largest absolute Gasteiger partial charge is 0.113 e. The van der Waals surface area contributed by atoms with Gasteiger partial charge in [-0.05, 0) is 122 Å². The maximum absolute atomic E-state index is 3.54. The van der Waals surface area contributed by atoms with Gasteiger partial charge in [0.15, 0.2) is 0 Å². The smallest absolute Gasteiger partial charge is 0.0699 e. The number of fused-ring (bicyclic) bond motifs is 11. The van der Waals surface area contributed by atoms with Crippen LogP contribution in [0, 0.1) is 12.1 Å². The second kappa shape index (κ2) is 10.3. The molecule has 1 heteroatoms. The maximum Gasteiger partial charge on any atom is 0.113 e. The van der Waals surface area contributed by atoms with Crippen molar-refractivity contribution in [2.75, 3.05) is 0 Å². The van der Waals surface area contributed by atoms with E-state index in [2.05, 4.69) is 180 Å². The van der Waals surface area contributed by atoms with Gasteiger partial charge < -0.3 is 0 Å². The van der Waals surface area contributed by atoms with E-state index in [-0.39, 0.29) is 10.8 Å². The highest BCUT2D eigenvalue weighted by Crippen LogP contribution is 2.57. The van der Waals surface area contributed by atoms with E-state index in [1.807, 2.05) is 6.07 Å². The fourth-order valence-electron chi connectivity index (χ4n) is 10.7. The van der Waals surface area contributed by atoms with Crippen molar-refractivity contribution in [2.24, 2.45) is 0 Å². The van der Waals surface area contributed by atoms with Gasteiger partial charge in [0, 0.05) is 16.4 Å². The topological polar surface area (TPSA) is 0 Å². The minimum absolute atomic E-state index is 0.0789. The predicted octanol–water partition coefficient (Wildman–Crippen LogP) is 12.3. The summed E-state index contributed by atoms with van der Waals surface area (Å²) in [5.74, 6) is 0. The molecule has 0 spiro atoms. The highest BCUT2D eigenvalue weighted by Gasteiger charge is 2.41. The van der Waals surface area contributed by atoms with Crippen LogP contribution >= 0.6 is 0 Å². The third-order valence-corrected chi connectivity index (χ3v) is 16.8. The average molecular weight is 693 g/mol. The first-order chi connectivity index (χ1) is 25.6. The van der Waals surface area contributed by atoms with Gasteiger partial charge in [0.1, 0.15) is 8.07 Å². The first-order valence-electron chi connectivity index (χ1n) is 19.0. The van der Waals surface area contributed by atoms with Gasteiger partial charge in [0.2, 0.25) is 0 Å². The minimum atomic E-state index is -1.98. The Bertz CT molecular complexity index is 2920. The zero-order valence-corrected chi connectivity index (χ0v) is 32.2. The normalized spacial score (nSPS) is 16.0. The van der Waals surface area contributed by atoms with Crippen molar-refractivity contribution in [1.29, 1.82) is 0 Å². The minimum Gasteiger partial charge on any atom is -0.0699 e. The molecule has 252 valence electrons. The number of hydrogen-bond acceptors (Lipinski definition) is 0. The zero-order valence-electron chi connectivity index (χ0n) is 31.2. The van der Waals surface area contributed by atoms with Gasteiger partial charge in [-0.3, -0.25) is 0 Å². The molecule has 0 N–H and O–H groups in total. The van der Waals surface area contributed by atoms with Crippen LogP contribution in [0.2, 0.25) is 13.1 Å². The zero-order chi connectivity index (χ0) is 36.0. The van der Waals surface area contributed by atoms with Crippen LogP contribution in [0.3, 0.4) is 0 Å². The van der Waals surface area contributed by atoms with Gasteiger partial charge in [0.05, 0.1) is 0 Å². The Balaban J connectivity index is 1.35. The Morgan fingerprint density at radius 3 is 1.68 bits per heavy atom. The molecule has 0 saturated carbocycles. The highest BCUT2D eigenvalue weighted by atomic mass is 28.3. The lowest BCUT2D eigenvalue weighted by atomic mass is 9.79. The third kappa shape index (κ3) is 3.82. The third-order valence-electron chi connectivity index (χ3n) is 13.3. The lowest BCUT2D eigenvalue weighted by molar-refractivity contribution is 0.660. The Kier molecular flexibility index (Phi) is 5.98. The van der Waals surface area contributed by atoms with Crippen LogP contribution in [0.15, 0.2) is 133 Å². The lowest BCUT2D eigenvalue weighted by Gasteiger charge is -2.25. The molecule has 0 fully saturated rings. The van der Waals surface area contributed by atoms with E-state index in [0.717, 1.165) is 0 Å². The molecule has 0 amide bonds. The molecule has 8 aromatic rings. The summed E-state index contributed by atoms with van der Waals surface area (Å²) < 4.78 is 0. The molecule has 0 atom stereocenters. The Labute approximate surface area is 313 Å². The molecule has 0 nitrogen and oxygen atoms in total. The molecule has 0 unspecified atom stereocenters. The fourth-order valence-corrected chi connectivity index (χ4v) is 13.8. The maximum atomic E-state index is 3.54. The van der Waals surface area contributed by atoms with Crippen LogP contribution in [0.5, 0.6) is 0 Å². The quantitative estimate of drug-likeness (QED) is 0.125. The standard InChI is InChI=1S/C52H40Si/c1-51(2)41-24-12-9-20-34(41)49-36(22-15-26-43(49)51)47-32-18-7-8-19-33(32)48(37-23-16-27-44-50(37)35-21-10-13-25-42(35)52(44,3)4)40-30-46-38(29-39(40)47)31-17-11-14-28-45(31)53(46,5)6/h7-11,13-23,25-30H,1-6H3. The molecule has 53 heavy (non-hydrogen) atoms. The summed E-state index contributed by atoms with van der Waals surface area (Å²) in [5.41, 5.74) is 18.7. The van der Waals surface area contributed by atoms with Crippen molar-refractivity contribution < 1.29 is 0 Å². The molecule has 0 radical (unpaired) electrons. The Morgan fingerprint density at radius 2 is 0.962 bits per heavy atom. The van der Waals surface area contributed by atoms with Crippen molar-refractivity contribution in [3.8, 4) is 55.6 Å². The van der Waals surface area contributed by atoms with Crippen LogP contribution in [0.1, 0.15) is 49.9 Å². The number of hydrogen-bond donors (Lipinski definition) is 0. The van der Waals surface area contributed by atoms with Gasteiger partial charge in [-0.1, -0.05) is 168 Å². The summed E-state index contributed by atoms with van der Waals surface area (Å²) in [4.78, 5) is 0. The summed E-state index contributed by atoms with van der Waals surface area (Å²) in [6.07, 6.45) is 0. The van der Waals surface area contributed by atoms with Crippen LogP contribution < -0.4 is 10.4 Å². The van der Waals surface area contributed by atoms with E-state index in [4.69, 9.17) is 0 Å². The second-order valence-electron chi connectivity index (χ2n) is 17.1. The van der Waals surface area contributed by atoms with Crippen LogP contribution in [0.25, 0.3) is 77.2 Å². The van der Waals surface area contributed by atoms with Gasteiger partial charge in [0.25, 0.3) is 0 Å². The van der Waals surface area contributed by atoms with Gasteiger partial charge >= 0.3 is 0 Å². The van der Waals surface area contributed by atoms with Crippen LogP contribution in [-0.2, 0) is 10.8 Å². The SMILES string of the molecule is CC1(C)c2c#cccc2-c2c(-c3c4ccccc4c(-c4cccc5c4-c4ccccc4C5(C)C)c4cc5c(cc34)-c3ccccc3[Si]5(C)C)cccc21. The van der Waals surface area contributed by atoms with Crippen molar-refractivity contribution in [3.05, 3.63) is 168 Å².